The first-order chi connectivity index (χ1) is 11.6. The van der Waals surface area contributed by atoms with E-state index in [0.717, 1.165) is 0 Å². The van der Waals surface area contributed by atoms with Crippen molar-refractivity contribution in [3.05, 3.63) is 57.6 Å². The van der Waals surface area contributed by atoms with Crippen molar-refractivity contribution in [2.75, 3.05) is 12.1 Å². The third kappa shape index (κ3) is 3.46. The highest BCUT2D eigenvalue weighted by Gasteiger charge is 2.15. The molecule has 0 spiro atoms. The summed E-state index contributed by atoms with van der Waals surface area (Å²) < 4.78 is 10.5. The van der Waals surface area contributed by atoms with E-state index in [4.69, 9.17) is 32.7 Å². The van der Waals surface area contributed by atoms with Gasteiger partial charge in [-0.1, -0.05) is 29.3 Å². The summed E-state index contributed by atoms with van der Waals surface area (Å²) in [6.07, 6.45) is 1.45. The van der Waals surface area contributed by atoms with Crippen LogP contribution in [0.25, 0.3) is 6.08 Å². The Labute approximate surface area is 148 Å². The summed E-state index contributed by atoms with van der Waals surface area (Å²) in [6.45, 7) is 0.154. The summed E-state index contributed by atoms with van der Waals surface area (Å²) in [4.78, 5) is 12.3. The number of carbonyl (C=O) groups excluding carboxylic acids is 1. The van der Waals surface area contributed by atoms with Crippen molar-refractivity contribution in [1.82, 2.24) is 0 Å². The number of carbonyl (C=O) groups is 1. The maximum atomic E-state index is 12.3. The van der Waals surface area contributed by atoms with E-state index in [2.05, 4.69) is 5.32 Å². The van der Waals surface area contributed by atoms with Gasteiger partial charge in [0.25, 0.3) is 5.91 Å². The van der Waals surface area contributed by atoms with Gasteiger partial charge in [-0.05, 0) is 42.0 Å². The van der Waals surface area contributed by atoms with Crippen LogP contribution in [0.5, 0.6) is 11.5 Å². The molecule has 3 rings (SSSR count). The molecule has 0 aromatic heterocycles. The van der Waals surface area contributed by atoms with E-state index in [1.54, 1.807) is 30.3 Å². The molecule has 0 bridgehead atoms. The van der Waals surface area contributed by atoms with Gasteiger partial charge in [0.2, 0.25) is 6.79 Å². The SMILES string of the molecule is N#CC(=Cc1ccc2c(c1)OCO2)C(=O)Nc1cc(Cl)ccc1Cl. The van der Waals surface area contributed by atoms with E-state index >= 15 is 0 Å². The fraction of sp³-hybridized carbons (Fsp3) is 0.0588. The van der Waals surface area contributed by atoms with E-state index in [9.17, 15) is 10.1 Å². The van der Waals surface area contributed by atoms with E-state index in [0.29, 0.717) is 32.8 Å². The molecule has 24 heavy (non-hydrogen) atoms. The molecule has 120 valence electrons. The van der Waals surface area contributed by atoms with Crippen molar-refractivity contribution in [1.29, 1.82) is 5.26 Å². The van der Waals surface area contributed by atoms with Crippen LogP contribution in [0.4, 0.5) is 5.69 Å². The molecule has 0 fully saturated rings. The number of hydrogen-bond acceptors (Lipinski definition) is 4. The molecule has 7 heteroatoms. The second-order valence-corrected chi connectivity index (χ2v) is 5.70. The molecular weight excluding hydrogens is 351 g/mol. The fourth-order valence-corrected chi connectivity index (χ4v) is 2.44. The largest absolute Gasteiger partial charge is 0.454 e. The first-order valence-corrected chi connectivity index (χ1v) is 7.60. The van der Waals surface area contributed by atoms with Crippen LogP contribution in [0.15, 0.2) is 42.0 Å². The quantitative estimate of drug-likeness (QED) is 0.655. The van der Waals surface area contributed by atoms with Crippen molar-refractivity contribution in [2.45, 2.75) is 0 Å². The van der Waals surface area contributed by atoms with Crippen LogP contribution in [0.2, 0.25) is 10.0 Å². The Hall–Kier alpha value is -2.68. The average Bonchev–Trinajstić information content (AvgIpc) is 3.03. The zero-order valence-corrected chi connectivity index (χ0v) is 13.7. The minimum absolute atomic E-state index is 0.0788. The zero-order chi connectivity index (χ0) is 17.1. The molecule has 5 nitrogen and oxygen atoms in total. The highest BCUT2D eigenvalue weighted by molar-refractivity contribution is 6.36. The van der Waals surface area contributed by atoms with Crippen LogP contribution in [-0.2, 0) is 4.79 Å². The third-order valence-corrected chi connectivity index (χ3v) is 3.81. The van der Waals surface area contributed by atoms with Crippen molar-refractivity contribution >= 4 is 40.9 Å². The van der Waals surface area contributed by atoms with Crippen molar-refractivity contribution < 1.29 is 14.3 Å². The first-order valence-electron chi connectivity index (χ1n) is 6.84. The van der Waals surface area contributed by atoms with Gasteiger partial charge in [0.15, 0.2) is 11.5 Å². The second kappa shape index (κ2) is 6.83. The molecule has 0 aliphatic carbocycles. The van der Waals surface area contributed by atoms with E-state index < -0.39 is 5.91 Å². The normalized spacial score (nSPS) is 12.6. The molecule has 1 N–H and O–H groups in total. The number of fused-ring (bicyclic) bond motifs is 1. The Balaban J connectivity index is 1.84. The zero-order valence-electron chi connectivity index (χ0n) is 12.2. The predicted molar refractivity (Wildman–Crippen MR) is 91.2 cm³/mol. The van der Waals surface area contributed by atoms with Crippen molar-refractivity contribution in [3.8, 4) is 17.6 Å². The Morgan fingerprint density at radius 1 is 1.17 bits per heavy atom. The molecule has 0 saturated heterocycles. The Bertz CT molecular complexity index is 888. The molecule has 0 saturated carbocycles. The van der Waals surface area contributed by atoms with Crippen LogP contribution in [0.3, 0.4) is 0 Å². The number of nitrogens with zero attached hydrogens (tertiary/aromatic N) is 1. The fourth-order valence-electron chi connectivity index (χ4n) is 2.10. The summed E-state index contributed by atoms with van der Waals surface area (Å²) in [7, 11) is 0. The molecule has 2 aromatic rings. The van der Waals surface area contributed by atoms with E-state index in [1.807, 2.05) is 6.07 Å². The van der Waals surface area contributed by atoms with Crippen LogP contribution in [0, 0.1) is 11.3 Å². The number of benzene rings is 2. The average molecular weight is 361 g/mol. The number of hydrogen-bond donors (Lipinski definition) is 1. The monoisotopic (exact) mass is 360 g/mol. The van der Waals surface area contributed by atoms with Gasteiger partial charge in [0, 0.05) is 5.02 Å². The lowest BCUT2D eigenvalue weighted by molar-refractivity contribution is -0.112. The Morgan fingerprint density at radius 3 is 2.75 bits per heavy atom. The van der Waals surface area contributed by atoms with Gasteiger partial charge in [-0.2, -0.15) is 5.26 Å². The van der Waals surface area contributed by atoms with Gasteiger partial charge < -0.3 is 14.8 Å². The third-order valence-electron chi connectivity index (χ3n) is 3.25. The summed E-state index contributed by atoms with van der Waals surface area (Å²) in [5, 5.41) is 12.6. The summed E-state index contributed by atoms with van der Waals surface area (Å²) in [6, 6.07) is 11.7. The van der Waals surface area contributed by atoms with Crippen molar-refractivity contribution in [3.63, 3.8) is 0 Å². The minimum Gasteiger partial charge on any atom is -0.454 e. The van der Waals surface area contributed by atoms with Gasteiger partial charge in [-0.3, -0.25) is 4.79 Å². The van der Waals surface area contributed by atoms with Gasteiger partial charge in [-0.15, -0.1) is 0 Å². The molecule has 0 atom stereocenters. The Kier molecular flexibility index (Phi) is 4.61. The molecule has 1 aliphatic heterocycles. The van der Waals surface area contributed by atoms with Crippen LogP contribution < -0.4 is 14.8 Å². The number of halogens is 2. The van der Waals surface area contributed by atoms with Gasteiger partial charge in [-0.25, -0.2) is 0 Å². The summed E-state index contributed by atoms with van der Waals surface area (Å²) in [5.74, 6) is 0.611. The standard InChI is InChI=1S/C17H10Cl2N2O3/c18-12-2-3-13(19)14(7-12)21-17(22)11(8-20)5-10-1-4-15-16(6-10)24-9-23-15/h1-7H,9H2,(H,21,22). The number of amides is 1. The highest BCUT2D eigenvalue weighted by atomic mass is 35.5. The molecule has 1 heterocycles. The van der Waals surface area contributed by atoms with Gasteiger partial charge >= 0.3 is 0 Å². The lowest BCUT2D eigenvalue weighted by Gasteiger charge is -2.07. The van der Waals surface area contributed by atoms with Crippen LogP contribution >= 0.6 is 23.2 Å². The van der Waals surface area contributed by atoms with E-state index in [1.165, 1.54) is 12.1 Å². The topological polar surface area (TPSA) is 71.3 Å². The number of rotatable bonds is 3. The van der Waals surface area contributed by atoms with Crippen molar-refractivity contribution in [2.24, 2.45) is 0 Å². The lowest BCUT2D eigenvalue weighted by atomic mass is 10.1. The molecule has 0 radical (unpaired) electrons. The maximum absolute atomic E-state index is 12.3. The second-order valence-electron chi connectivity index (χ2n) is 4.86. The molecule has 2 aromatic carbocycles. The number of nitriles is 1. The molecule has 1 amide bonds. The smallest absolute Gasteiger partial charge is 0.266 e. The Morgan fingerprint density at radius 2 is 1.96 bits per heavy atom. The molecular formula is C17H10Cl2N2O3. The summed E-state index contributed by atoms with van der Waals surface area (Å²) >= 11 is 11.9. The lowest BCUT2D eigenvalue weighted by Crippen LogP contribution is -2.13. The molecule has 1 aliphatic rings. The minimum atomic E-state index is -0.584. The number of nitrogens with one attached hydrogen (secondary N) is 1. The first kappa shape index (κ1) is 16.2. The van der Waals surface area contributed by atoms with Gasteiger partial charge in [0.1, 0.15) is 11.6 Å². The predicted octanol–water partition coefficient (Wildman–Crippen LogP) is 4.27. The van der Waals surface area contributed by atoms with Crippen LogP contribution in [0.1, 0.15) is 5.56 Å². The summed E-state index contributed by atoms with van der Waals surface area (Å²) in [5.41, 5.74) is 0.897. The highest BCUT2D eigenvalue weighted by Crippen LogP contribution is 2.33. The maximum Gasteiger partial charge on any atom is 0.266 e. The number of anilines is 1. The van der Waals surface area contributed by atoms with E-state index in [-0.39, 0.29) is 12.4 Å². The van der Waals surface area contributed by atoms with Gasteiger partial charge in [0.05, 0.1) is 10.7 Å². The number of ether oxygens (including phenoxy) is 2. The van der Waals surface area contributed by atoms with Crippen LogP contribution in [-0.4, -0.2) is 12.7 Å². The molecule has 0 unspecified atom stereocenters.